The lowest BCUT2D eigenvalue weighted by Gasteiger charge is -2.41. The van der Waals surface area contributed by atoms with Crippen LogP contribution in [0.2, 0.25) is 0 Å². The first-order chi connectivity index (χ1) is 7.97. The number of carboxylic acid groups (broad SMARTS) is 1. The van der Waals surface area contributed by atoms with Gasteiger partial charge in [-0.2, -0.15) is 0 Å². The fourth-order valence-corrected chi connectivity index (χ4v) is 3.60. The Kier molecular flexibility index (Phi) is 3.46. The van der Waals surface area contributed by atoms with Crippen molar-refractivity contribution in [3.8, 4) is 0 Å². The van der Waals surface area contributed by atoms with E-state index in [1.54, 1.807) is 0 Å². The van der Waals surface area contributed by atoms with Gasteiger partial charge in [0.15, 0.2) is 0 Å². The van der Waals surface area contributed by atoms with E-state index in [4.69, 9.17) is 0 Å². The first kappa shape index (κ1) is 12.8. The lowest BCUT2D eigenvalue weighted by atomic mass is 9.80. The molecule has 2 atom stereocenters. The molecule has 0 aromatic rings. The van der Waals surface area contributed by atoms with E-state index < -0.39 is 11.4 Å². The molecular formula is C13H24N2O2. The summed E-state index contributed by atoms with van der Waals surface area (Å²) in [5.41, 5.74) is -0.452. The number of piperidine rings is 1. The Hall–Kier alpha value is -0.610. The molecule has 2 fully saturated rings. The number of hydrogen-bond donors (Lipinski definition) is 1. The van der Waals surface area contributed by atoms with Crippen molar-refractivity contribution in [2.45, 2.75) is 31.7 Å². The van der Waals surface area contributed by atoms with Crippen LogP contribution in [0.4, 0.5) is 0 Å². The van der Waals surface area contributed by atoms with Gasteiger partial charge in [-0.05, 0) is 59.3 Å². The summed E-state index contributed by atoms with van der Waals surface area (Å²) in [6.07, 6.45) is 4.07. The van der Waals surface area contributed by atoms with Crippen LogP contribution in [0.3, 0.4) is 0 Å². The standard InChI is InChI=1S/C13H24N2O2/c1-14(2)11(13(6-7-13)12(16)17)10-5-4-8-15(3)9-10/h10-11H,4-9H2,1-3H3,(H,16,17). The van der Waals surface area contributed by atoms with Gasteiger partial charge in [0.2, 0.25) is 0 Å². The second kappa shape index (κ2) is 4.58. The van der Waals surface area contributed by atoms with Crippen LogP contribution in [-0.4, -0.2) is 61.2 Å². The maximum atomic E-state index is 11.5. The summed E-state index contributed by atoms with van der Waals surface area (Å²) in [5.74, 6) is -0.0909. The van der Waals surface area contributed by atoms with Crippen molar-refractivity contribution in [3.05, 3.63) is 0 Å². The van der Waals surface area contributed by atoms with Crippen molar-refractivity contribution in [2.24, 2.45) is 11.3 Å². The third-order valence-electron chi connectivity index (χ3n) is 4.44. The van der Waals surface area contributed by atoms with Gasteiger partial charge < -0.3 is 14.9 Å². The van der Waals surface area contributed by atoms with Crippen molar-refractivity contribution in [3.63, 3.8) is 0 Å². The van der Waals surface area contributed by atoms with E-state index in [0.717, 1.165) is 25.9 Å². The van der Waals surface area contributed by atoms with Crippen molar-refractivity contribution in [1.82, 2.24) is 9.80 Å². The largest absolute Gasteiger partial charge is 0.481 e. The molecule has 1 aliphatic carbocycles. The Morgan fingerprint density at radius 3 is 2.53 bits per heavy atom. The van der Waals surface area contributed by atoms with Crippen LogP contribution < -0.4 is 0 Å². The third-order valence-corrected chi connectivity index (χ3v) is 4.44. The highest BCUT2D eigenvalue weighted by Gasteiger charge is 2.59. The Labute approximate surface area is 104 Å². The molecule has 4 nitrogen and oxygen atoms in total. The predicted molar refractivity (Wildman–Crippen MR) is 67.0 cm³/mol. The first-order valence-corrected chi connectivity index (χ1v) is 6.56. The quantitative estimate of drug-likeness (QED) is 0.800. The highest BCUT2D eigenvalue weighted by atomic mass is 16.4. The number of carbonyl (C=O) groups is 1. The van der Waals surface area contributed by atoms with Gasteiger partial charge in [0.1, 0.15) is 0 Å². The molecule has 0 aromatic heterocycles. The summed E-state index contributed by atoms with van der Waals surface area (Å²) < 4.78 is 0. The lowest BCUT2D eigenvalue weighted by Crippen LogP contribution is -2.51. The normalized spacial score (nSPS) is 30.2. The van der Waals surface area contributed by atoms with Gasteiger partial charge in [-0.3, -0.25) is 4.79 Å². The van der Waals surface area contributed by atoms with E-state index in [2.05, 4.69) is 16.8 Å². The third kappa shape index (κ3) is 2.33. The molecule has 0 radical (unpaired) electrons. The van der Waals surface area contributed by atoms with Gasteiger partial charge in [-0.1, -0.05) is 0 Å². The van der Waals surface area contributed by atoms with Gasteiger partial charge in [0, 0.05) is 12.6 Å². The first-order valence-electron chi connectivity index (χ1n) is 6.56. The van der Waals surface area contributed by atoms with Gasteiger partial charge in [-0.25, -0.2) is 0 Å². The van der Waals surface area contributed by atoms with Crippen LogP contribution in [0.25, 0.3) is 0 Å². The molecule has 17 heavy (non-hydrogen) atoms. The molecule has 0 amide bonds. The molecule has 4 heteroatoms. The fourth-order valence-electron chi connectivity index (χ4n) is 3.60. The maximum absolute atomic E-state index is 11.5. The van der Waals surface area contributed by atoms with E-state index in [1.807, 2.05) is 14.1 Å². The van der Waals surface area contributed by atoms with Crippen LogP contribution in [0, 0.1) is 11.3 Å². The van der Waals surface area contributed by atoms with Gasteiger partial charge >= 0.3 is 5.97 Å². The summed E-state index contributed by atoms with van der Waals surface area (Å²) in [6, 6.07) is 0.197. The lowest BCUT2D eigenvalue weighted by molar-refractivity contribution is -0.147. The summed E-state index contributed by atoms with van der Waals surface area (Å²) in [7, 11) is 6.20. The second-order valence-electron chi connectivity index (χ2n) is 6.03. The highest BCUT2D eigenvalue weighted by molar-refractivity contribution is 5.79. The van der Waals surface area contributed by atoms with E-state index in [1.165, 1.54) is 12.8 Å². The summed E-state index contributed by atoms with van der Waals surface area (Å²) in [5, 5.41) is 9.48. The maximum Gasteiger partial charge on any atom is 0.311 e. The number of nitrogens with zero attached hydrogens (tertiary/aromatic N) is 2. The minimum absolute atomic E-state index is 0.197. The Morgan fingerprint density at radius 1 is 1.47 bits per heavy atom. The molecule has 2 rings (SSSR count). The van der Waals surface area contributed by atoms with Gasteiger partial charge in [0.25, 0.3) is 0 Å². The van der Waals surface area contributed by atoms with Crippen LogP contribution in [0.5, 0.6) is 0 Å². The topological polar surface area (TPSA) is 43.8 Å². The SMILES string of the molecule is CN1CCCC(C(N(C)C)C2(C(=O)O)CC2)C1. The zero-order valence-corrected chi connectivity index (χ0v) is 11.1. The smallest absolute Gasteiger partial charge is 0.311 e. The molecule has 0 spiro atoms. The van der Waals surface area contributed by atoms with Crippen molar-refractivity contribution in [1.29, 1.82) is 0 Å². The number of likely N-dealkylation sites (tertiary alicyclic amines) is 1. The molecule has 0 aromatic carbocycles. The fraction of sp³-hybridized carbons (Fsp3) is 0.923. The van der Waals surface area contributed by atoms with Crippen molar-refractivity contribution in [2.75, 3.05) is 34.2 Å². The number of aliphatic carboxylic acids is 1. The van der Waals surface area contributed by atoms with Crippen LogP contribution >= 0.6 is 0 Å². The Morgan fingerprint density at radius 2 is 2.12 bits per heavy atom. The number of hydrogen-bond acceptors (Lipinski definition) is 3. The molecular weight excluding hydrogens is 216 g/mol. The van der Waals surface area contributed by atoms with E-state index in [9.17, 15) is 9.90 Å². The van der Waals surface area contributed by atoms with Gasteiger partial charge in [-0.15, -0.1) is 0 Å². The van der Waals surface area contributed by atoms with E-state index in [-0.39, 0.29) is 6.04 Å². The minimum Gasteiger partial charge on any atom is -0.481 e. The van der Waals surface area contributed by atoms with Crippen molar-refractivity contribution < 1.29 is 9.90 Å². The van der Waals surface area contributed by atoms with Crippen molar-refractivity contribution >= 4 is 5.97 Å². The number of rotatable bonds is 4. The van der Waals surface area contributed by atoms with Crippen LogP contribution in [0.1, 0.15) is 25.7 Å². The Bertz CT molecular complexity index is 300. The molecule has 2 unspecified atom stereocenters. The Balaban J connectivity index is 2.15. The average molecular weight is 240 g/mol. The second-order valence-corrected chi connectivity index (χ2v) is 6.03. The van der Waals surface area contributed by atoms with Crippen LogP contribution in [0.15, 0.2) is 0 Å². The summed E-state index contributed by atoms with van der Waals surface area (Å²) >= 11 is 0. The predicted octanol–water partition coefficient (Wildman–Crippen LogP) is 1.12. The zero-order chi connectivity index (χ0) is 12.6. The zero-order valence-electron chi connectivity index (χ0n) is 11.1. The highest BCUT2D eigenvalue weighted by Crippen LogP contribution is 2.53. The molecule has 1 saturated heterocycles. The molecule has 1 heterocycles. The molecule has 1 saturated carbocycles. The summed E-state index contributed by atoms with van der Waals surface area (Å²) in [4.78, 5) is 16.0. The molecule has 0 bridgehead atoms. The molecule has 1 N–H and O–H groups in total. The minimum atomic E-state index is -0.593. The monoisotopic (exact) mass is 240 g/mol. The van der Waals surface area contributed by atoms with Gasteiger partial charge in [0.05, 0.1) is 5.41 Å². The molecule has 2 aliphatic rings. The summed E-state index contributed by atoms with van der Waals surface area (Å²) in [6.45, 7) is 2.19. The molecule has 1 aliphatic heterocycles. The van der Waals surface area contributed by atoms with E-state index >= 15 is 0 Å². The molecule has 98 valence electrons. The van der Waals surface area contributed by atoms with E-state index in [0.29, 0.717) is 5.92 Å². The van der Waals surface area contributed by atoms with Crippen LogP contribution in [-0.2, 0) is 4.79 Å². The average Bonchev–Trinajstić information content (AvgIpc) is 2.99. The number of carboxylic acids is 1.